The van der Waals surface area contributed by atoms with Crippen LogP contribution in [0.4, 0.5) is 5.69 Å². The lowest BCUT2D eigenvalue weighted by molar-refractivity contribution is -0.116. The number of hydrogen-bond acceptors (Lipinski definition) is 4. The molecule has 0 aliphatic carbocycles. The Morgan fingerprint density at radius 2 is 2.07 bits per heavy atom. The van der Waals surface area contributed by atoms with E-state index in [1.807, 2.05) is 25.2 Å². The van der Waals surface area contributed by atoms with Gasteiger partial charge in [-0.05, 0) is 43.0 Å². The number of aryl methyl sites for hydroxylation is 2. The number of nitrogens with one attached hydrogen (secondary N) is 1. The van der Waals surface area contributed by atoms with E-state index >= 15 is 0 Å². The molecule has 29 heavy (non-hydrogen) atoms. The number of hydrogen-bond donors (Lipinski definition) is 1. The lowest BCUT2D eigenvalue weighted by Crippen LogP contribution is -2.26. The first kappa shape index (κ1) is 21.0. The van der Waals surface area contributed by atoms with Crippen LogP contribution in [0.15, 0.2) is 46.0 Å². The minimum Gasteiger partial charge on any atom is -0.362 e. The molecule has 1 N–H and O–H groups in total. The second kappa shape index (κ2) is 9.21. The fourth-order valence-corrected chi connectivity index (χ4v) is 4.39. The number of rotatable bonds is 6. The number of carbonyl (C=O) groups excluding carboxylic acids is 1. The van der Waals surface area contributed by atoms with Gasteiger partial charge in [-0.1, -0.05) is 12.5 Å². The van der Waals surface area contributed by atoms with Crippen LogP contribution < -0.4 is 5.32 Å². The Hall–Kier alpha value is -2.68. The molecule has 0 unspecified atom stereocenters. The Labute approximate surface area is 171 Å². The summed E-state index contributed by atoms with van der Waals surface area (Å²) in [7, 11) is -0.137. The van der Waals surface area contributed by atoms with Gasteiger partial charge in [-0.3, -0.25) is 9.48 Å². The molecular formula is C20H27N5O3S. The van der Waals surface area contributed by atoms with Crippen LogP contribution in [0.1, 0.15) is 37.7 Å². The van der Waals surface area contributed by atoms with Gasteiger partial charge < -0.3 is 10.2 Å². The van der Waals surface area contributed by atoms with Crippen molar-refractivity contribution < 1.29 is 13.2 Å². The average Bonchev–Trinajstić information content (AvgIpc) is 3.00. The van der Waals surface area contributed by atoms with Gasteiger partial charge in [-0.25, -0.2) is 0 Å². The largest absolute Gasteiger partial charge is 0.362 e. The van der Waals surface area contributed by atoms with Crippen LogP contribution in [-0.4, -0.2) is 48.4 Å². The molecule has 0 radical (unpaired) electrons. The highest BCUT2D eigenvalue weighted by Gasteiger charge is 2.19. The Kier molecular flexibility index (Phi) is 6.68. The van der Waals surface area contributed by atoms with Crippen LogP contribution in [0.3, 0.4) is 0 Å². The summed E-state index contributed by atoms with van der Waals surface area (Å²) in [5.74, 6) is 0.409. The van der Waals surface area contributed by atoms with E-state index < -0.39 is 10.0 Å². The Balaban J connectivity index is 1.68. The van der Waals surface area contributed by atoms with Crippen molar-refractivity contribution in [1.29, 1.82) is 0 Å². The predicted octanol–water partition coefficient (Wildman–Crippen LogP) is 2.58. The first-order valence-corrected chi connectivity index (χ1v) is 11.2. The molecule has 156 valence electrons. The van der Waals surface area contributed by atoms with Crippen LogP contribution in [0.25, 0.3) is 0 Å². The van der Waals surface area contributed by atoms with Gasteiger partial charge in [-0.15, -0.1) is 4.40 Å². The predicted molar refractivity (Wildman–Crippen MR) is 112 cm³/mol. The van der Waals surface area contributed by atoms with E-state index in [4.69, 9.17) is 0 Å². The molecule has 0 spiro atoms. The molecule has 3 rings (SSSR count). The number of aromatic nitrogens is 2. The lowest BCUT2D eigenvalue weighted by Gasteiger charge is -2.17. The maximum Gasteiger partial charge on any atom is 0.284 e. The van der Waals surface area contributed by atoms with Crippen LogP contribution in [0.2, 0.25) is 0 Å². The molecule has 1 aromatic carbocycles. The fourth-order valence-electron chi connectivity index (χ4n) is 3.25. The van der Waals surface area contributed by atoms with Gasteiger partial charge in [0.1, 0.15) is 5.84 Å². The van der Waals surface area contributed by atoms with Crippen LogP contribution in [0, 0.1) is 0 Å². The molecule has 1 saturated heterocycles. The van der Waals surface area contributed by atoms with Crippen molar-refractivity contribution in [1.82, 2.24) is 14.7 Å². The summed E-state index contributed by atoms with van der Waals surface area (Å²) in [6.45, 7) is 0.807. The fraction of sp³-hybridized carbons (Fsp3) is 0.450. The highest BCUT2D eigenvalue weighted by Crippen LogP contribution is 2.20. The van der Waals surface area contributed by atoms with Crippen molar-refractivity contribution in [3.8, 4) is 0 Å². The van der Waals surface area contributed by atoms with Gasteiger partial charge in [0.25, 0.3) is 10.0 Å². The Bertz CT molecular complexity index is 997. The maximum atomic E-state index is 12.8. The molecule has 1 aromatic heterocycles. The lowest BCUT2D eigenvalue weighted by atomic mass is 10.2. The third kappa shape index (κ3) is 5.90. The third-order valence-electron chi connectivity index (χ3n) is 4.87. The molecule has 1 amide bonds. The normalized spacial score (nSPS) is 16.6. The molecule has 8 nitrogen and oxygen atoms in total. The van der Waals surface area contributed by atoms with E-state index in [-0.39, 0.29) is 17.2 Å². The molecule has 1 fully saturated rings. The van der Waals surface area contributed by atoms with Crippen LogP contribution in [0.5, 0.6) is 0 Å². The van der Waals surface area contributed by atoms with E-state index in [0.29, 0.717) is 24.4 Å². The van der Waals surface area contributed by atoms with Gasteiger partial charge in [0.2, 0.25) is 5.91 Å². The summed E-state index contributed by atoms with van der Waals surface area (Å²) in [6, 6.07) is 6.24. The van der Waals surface area contributed by atoms with E-state index in [0.717, 1.165) is 31.4 Å². The van der Waals surface area contributed by atoms with Crippen molar-refractivity contribution >= 4 is 27.5 Å². The third-order valence-corrected chi connectivity index (χ3v) is 6.18. The zero-order chi connectivity index (χ0) is 20.9. The van der Waals surface area contributed by atoms with Crippen molar-refractivity contribution in [2.24, 2.45) is 11.4 Å². The minimum absolute atomic E-state index is 0.0766. The number of amidine groups is 1. The molecule has 2 aromatic rings. The first-order chi connectivity index (χ1) is 13.8. The van der Waals surface area contributed by atoms with E-state index in [2.05, 4.69) is 14.8 Å². The summed E-state index contributed by atoms with van der Waals surface area (Å²) in [4.78, 5) is 14.2. The number of likely N-dealkylation sites (tertiary alicyclic amines) is 1. The zero-order valence-corrected chi connectivity index (χ0v) is 17.7. The van der Waals surface area contributed by atoms with Gasteiger partial charge in [0, 0.05) is 45.4 Å². The van der Waals surface area contributed by atoms with Crippen molar-refractivity contribution in [3.05, 3.63) is 42.2 Å². The zero-order valence-electron chi connectivity index (χ0n) is 16.8. The highest BCUT2D eigenvalue weighted by atomic mass is 32.2. The number of amides is 1. The number of carbonyl (C=O) groups is 1. The second-order valence-corrected chi connectivity index (χ2v) is 8.92. The topological polar surface area (TPSA) is 96.7 Å². The Morgan fingerprint density at radius 3 is 2.83 bits per heavy atom. The molecule has 1 aliphatic heterocycles. The molecule has 9 heteroatoms. The van der Waals surface area contributed by atoms with Crippen molar-refractivity contribution in [2.45, 2.75) is 43.4 Å². The molecule has 2 heterocycles. The van der Waals surface area contributed by atoms with E-state index in [9.17, 15) is 13.2 Å². The summed E-state index contributed by atoms with van der Waals surface area (Å²) < 4.78 is 31.3. The molecule has 1 aliphatic rings. The average molecular weight is 418 g/mol. The molecule has 0 atom stereocenters. The summed E-state index contributed by atoms with van der Waals surface area (Å²) in [5.41, 5.74) is 1.42. The van der Waals surface area contributed by atoms with Crippen molar-refractivity contribution in [2.75, 3.05) is 18.9 Å². The number of sulfonamides is 1. The quantitative estimate of drug-likeness (QED) is 0.779. The van der Waals surface area contributed by atoms with Gasteiger partial charge >= 0.3 is 0 Å². The monoisotopic (exact) mass is 417 g/mol. The van der Waals surface area contributed by atoms with E-state index in [1.54, 1.807) is 23.0 Å². The van der Waals surface area contributed by atoms with Gasteiger partial charge in [0.15, 0.2) is 0 Å². The highest BCUT2D eigenvalue weighted by molar-refractivity contribution is 7.90. The smallest absolute Gasteiger partial charge is 0.284 e. The second-order valence-electron chi connectivity index (χ2n) is 7.31. The van der Waals surface area contributed by atoms with Crippen LogP contribution in [-0.2, 0) is 28.3 Å². The SMILES string of the molecule is CN1CCCCC/C1=N/S(=O)(=O)c1cccc(NC(=O)CCc2cnn(C)c2)c1. The van der Waals surface area contributed by atoms with E-state index in [1.165, 1.54) is 12.1 Å². The standard InChI is InChI=1S/C20H27N5O3S/c1-24-12-5-3-4-9-19(24)23-29(27,28)18-8-6-7-17(13-18)22-20(26)11-10-16-14-21-25(2)15-16/h6-8,13-15H,3-5,9-12H2,1-2H3,(H,22,26)/b23-19-. The van der Waals surface area contributed by atoms with Gasteiger partial charge in [0.05, 0.1) is 11.1 Å². The summed E-state index contributed by atoms with van der Waals surface area (Å²) >= 11 is 0. The summed E-state index contributed by atoms with van der Waals surface area (Å²) in [6.07, 6.45) is 8.15. The molecule has 0 bridgehead atoms. The number of anilines is 1. The summed E-state index contributed by atoms with van der Waals surface area (Å²) in [5, 5.41) is 6.84. The van der Waals surface area contributed by atoms with Gasteiger partial charge in [-0.2, -0.15) is 13.5 Å². The molecule has 0 saturated carbocycles. The maximum absolute atomic E-state index is 12.8. The first-order valence-electron chi connectivity index (χ1n) is 9.76. The number of nitrogens with zero attached hydrogens (tertiary/aromatic N) is 4. The minimum atomic E-state index is -3.84. The Morgan fingerprint density at radius 1 is 1.24 bits per heavy atom. The molecular weight excluding hydrogens is 390 g/mol. The van der Waals surface area contributed by atoms with Crippen LogP contribution >= 0.6 is 0 Å². The van der Waals surface area contributed by atoms with Crippen molar-refractivity contribution in [3.63, 3.8) is 0 Å². The number of benzene rings is 1.